The summed E-state index contributed by atoms with van der Waals surface area (Å²) >= 11 is 0. The van der Waals surface area contributed by atoms with Crippen molar-refractivity contribution in [2.75, 3.05) is 6.54 Å². The topological polar surface area (TPSA) is 33.0 Å². The first-order valence-electron chi connectivity index (χ1n) is 4.46. The number of carbonyl (C=O) groups excluding carboxylic acids is 1. The molecule has 1 fully saturated rings. The highest BCUT2D eigenvalue weighted by atomic mass is 127. The SMILES string of the molecule is C[n+]1ccccc1.O=C1CCCN1.[I-]. The zero-order chi connectivity index (χ0) is 9.52. The molecule has 1 aliphatic heterocycles. The lowest BCUT2D eigenvalue weighted by molar-refractivity contribution is -0.671. The fraction of sp³-hybridized carbons (Fsp3) is 0.400. The average Bonchev–Trinajstić information content (AvgIpc) is 2.58. The van der Waals surface area contributed by atoms with E-state index in [0.29, 0.717) is 0 Å². The van der Waals surface area contributed by atoms with E-state index in [2.05, 4.69) is 5.32 Å². The van der Waals surface area contributed by atoms with E-state index in [1.807, 2.05) is 42.2 Å². The van der Waals surface area contributed by atoms with Crippen LogP contribution in [0.25, 0.3) is 0 Å². The Hall–Kier alpha value is -0.650. The number of rotatable bonds is 0. The summed E-state index contributed by atoms with van der Waals surface area (Å²) in [6, 6.07) is 6.00. The Morgan fingerprint density at radius 2 is 1.93 bits per heavy atom. The Labute approximate surface area is 102 Å². The number of aryl methyl sites for hydroxylation is 1. The zero-order valence-electron chi connectivity index (χ0n) is 8.24. The molecule has 0 atom stereocenters. The Morgan fingerprint density at radius 3 is 2.14 bits per heavy atom. The van der Waals surface area contributed by atoms with E-state index in [1.165, 1.54) is 0 Å². The van der Waals surface area contributed by atoms with Gasteiger partial charge in [-0.3, -0.25) is 4.79 Å². The summed E-state index contributed by atoms with van der Waals surface area (Å²) in [5, 5.41) is 2.68. The number of aromatic nitrogens is 1. The molecule has 1 N–H and O–H groups in total. The monoisotopic (exact) mass is 306 g/mol. The van der Waals surface area contributed by atoms with Crippen molar-refractivity contribution in [1.82, 2.24) is 5.32 Å². The van der Waals surface area contributed by atoms with E-state index < -0.39 is 0 Å². The van der Waals surface area contributed by atoms with Crippen LogP contribution in [0.4, 0.5) is 0 Å². The van der Waals surface area contributed by atoms with Crippen LogP contribution < -0.4 is 33.9 Å². The number of amides is 1. The summed E-state index contributed by atoms with van der Waals surface area (Å²) in [5.41, 5.74) is 0. The third kappa shape index (κ3) is 5.90. The van der Waals surface area contributed by atoms with Gasteiger partial charge < -0.3 is 29.3 Å². The molecule has 0 bridgehead atoms. The molecule has 78 valence electrons. The quantitative estimate of drug-likeness (QED) is 0.414. The highest BCUT2D eigenvalue weighted by Gasteiger charge is 2.05. The summed E-state index contributed by atoms with van der Waals surface area (Å²) in [6.45, 7) is 0.888. The molecule has 2 heterocycles. The van der Waals surface area contributed by atoms with Crippen LogP contribution in [-0.2, 0) is 11.8 Å². The molecule has 1 aromatic heterocycles. The number of nitrogens with zero attached hydrogens (tertiary/aromatic N) is 1. The summed E-state index contributed by atoms with van der Waals surface area (Å²) in [5.74, 6) is 0.204. The molecule has 2 rings (SSSR count). The first kappa shape index (κ1) is 13.4. The number of hydrogen-bond donors (Lipinski definition) is 1. The van der Waals surface area contributed by atoms with E-state index in [1.54, 1.807) is 0 Å². The number of hydrogen-bond acceptors (Lipinski definition) is 1. The maximum Gasteiger partial charge on any atom is 0.220 e. The van der Waals surface area contributed by atoms with Gasteiger partial charge in [0.1, 0.15) is 7.05 Å². The third-order valence-electron chi connectivity index (χ3n) is 1.77. The number of halogens is 1. The molecular weight excluding hydrogens is 291 g/mol. The zero-order valence-corrected chi connectivity index (χ0v) is 10.4. The van der Waals surface area contributed by atoms with Crippen molar-refractivity contribution in [3.8, 4) is 0 Å². The van der Waals surface area contributed by atoms with Crippen molar-refractivity contribution in [2.45, 2.75) is 12.8 Å². The number of nitrogens with one attached hydrogen (secondary N) is 1. The van der Waals surface area contributed by atoms with Crippen molar-refractivity contribution in [3.05, 3.63) is 30.6 Å². The van der Waals surface area contributed by atoms with Crippen LogP contribution in [0.15, 0.2) is 30.6 Å². The third-order valence-corrected chi connectivity index (χ3v) is 1.77. The van der Waals surface area contributed by atoms with Gasteiger partial charge in [-0.25, -0.2) is 4.57 Å². The van der Waals surface area contributed by atoms with Gasteiger partial charge in [0.15, 0.2) is 12.4 Å². The van der Waals surface area contributed by atoms with Crippen molar-refractivity contribution in [1.29, 1.82) is 0 Å². The normalized spacial score (nSPS) is 13.4. The first-order valence-corrected chi connectivity index (χ1v) is 4.46. The summed E-state index contributed by atoms with van der Waals surface area (Å²) < 4.78 is 2.00. The minimum absolute atomic E-state index is 0. The van der Waals surface area contributed by atoms with Crippen LogP contribution in [-0.4, -0.2) is 12.5 Å². The van der Waals surface area contributed by atoms with E-state index in [9.17, 15) is 4.79 Å². The van der Waals surface area contributed by atoms with Crippen LogP contribution in [0.2, 0.25) is 0 Å². The molecule has 3 nitrogen and oxygen atoms in total. The van der Waals surface area contributed by atoms with Crippen molar-refractivity contribution in [2.24, 2.45) is 7.05 Å². The highest BCUT2D eigenvalue weighted by Crippen LogP contribution is 1.93. The molecule has 4 heteroatoms. The second-order valence-corrected chi connectivity index (χ2v) is 2.99. The van der Waals surface area contributed by atoms with Gasteiger partial charge in [-0.1, -0.05) is 6.07 Å². The van der Waals surface area contributed by atoms with E-state index in [4.69, 9.17) is 0 Å². The lowest BCUT2D eigenvalue weighted by Gasteiger charge is -1.80. The summed E-state index contributed by atoms with van der Waals surface area (Å²) in [7, 11) is 2.00. The maximum atomic E-state index is 10.1. The molecule has 0 unspecified atom stereocenters. The van der Waals surface area contributed by atoms with Crippen LogP contribution in [0.1, 0.15) is 12.8 Å². The second-order valence-electron chi connectivity index (χ2n) is 2.99. The maximum absolute atomic E-state index is 10.1. The lowest BCUT2D eigenvalue weighted by atomic mass is 10.4. The van der Waals surface area contributed by atoms with Gasteiger partial charge in [-0.2, -0.15) is 0 Å². The second kappa shape index (κ2) is 7.73. The number of pyridine rings is 1. The molecular formula is C10H15IN2O. The largest absolute Gasteiger partial charge is 1.00 e. The smallest absolute Gasteiger partial charge is 0.220 e. The Morgan fingerprint density at radius 1 is 1.29 bits per heavy atom. The Balaban J connectivity index is 0.000000227. The fourth-order valence-electron chi connectivity index (χ4n) is 1.05. The molecule has 0 radical (unpaired) electrons. The molecule has 1 saturated heterocycles. The van der Waals surface area contributed by atoms with Gasteiger partial charge in [0.25, 0.3) is 0 Å². The summed E-state index contributed by atoms with van der Waals surface area (Å²) in [4.78, 5) is 10.1. The van der Waals surface area contributed by atoms with Crippen LogP contribution in [0, 0.1) is 0 Å². The minimum atomic E-state index is 0. The molecule has 1 aliphatic rings. The highest BCUT2D eigenvalue weighted by molar-refractivity contribution is 5.77. The van der Waals surface area contributed by atoms with Gasteiger partial charge in [-0.15, -0.1) is 0 Å². The fourth-order valence-corrected chi connectivity index (χ4v) is 1.05. The molecule has 0 aromatic carbocycles. The molecule has 14 heavy (non-hydrogen) atoms. The van der Waals surface area contributed by atoms with Crippen molar-refractivity contribution < 1.29 is 33.3 Å². The van der Waals surface area contributed by atoms with Gasteiger partial charge >= 0.3 is 0 Å². The van der Waals surface area contributed by atoms with E-state index >= 15 is 0 Å². The van der Waals surface area contributed by atoms with Gasteiger partial charge in [0.2, 0.25) is 5.91 Å². The van der Waals surface area contributed by atoms with Crippen LogP contribution in [0.5, 0.6) is 0 Å². The molecule has 1 aromatic rings. The van der Waals surface area contributed by atoms with Crippen molar-refractivity contribution >= 4 is 5.91 Å². The van der Waals surface area contributed by atoms with Gasteiger partial charge in [-0.05, 0) is 6.42 Å². The molecule has 0 spiro atoms. The average molecular weight is 306 g/mol. The summed E-state index contributed by atoms with van der Waals surface area (Å²) in [6.07, 6.45) is 5.76. The molecule has 0 aliphatic carbocycles. The lowest BCUT2D eigenvalue weighted by Crippen LogP contribution is -3.00. The van der Waals surface area contributed by atoms with Crippen LogP contribution >= 0.6 is 0 Å². The van der Waals surface area contributed by atoms with Crippen molar-refractivity contribution in [3.63, 3.8) is 0 Å². The predicted molar refractivity (Wildman–Crippen MR) is 49.9 cm³/mol. The number of carbonyl (C=O) groups is 1. The Kier molecular flexibility index (Phi) is 7.37. The molecule has 1 amide bonds. The van der Waals surface area contributed by atoms with E-state index in [0.717, 1.165) is 19.4 Å². The molecule has 0 saturated carbocycles. The van der Waals surface area contributed by atoms with E-state index in [-0.39, 0.29) is 29.9 Å². The first-order chi connectivity index (χ1) is 6.29. The minimum Gasteiger partial charge on any atom is -1.00 e. The van der Waals surface area contributed by atoms with Crippen LogP contribution in [0.3, 0.4) is 0 Å². The predicted octanol–water partition coefficient (Wildman–Crippen LogP) is -2.59. The standard InChI is InChI=1S/C6H8N.C4H7NO.HI/c1-7-5-3-2-4-6-7;6-4-2-1-3-5-4;/h2-6H,1H3;1-3H2,(H,5,6);1H/q+1;;/p-1. The van der Waals surface area contributed by atoms with Gasteiger partial charge in [0, 0.05) is 25.1 Å². The van der Waals surface area contributed by atoms with Gasteiger partial charge in [0.05, 0.1) is 0 Å². The Bertz CT molecular complexity index is 256.